The van der Waals surface area contributed by atoms with Crippen LogP contribution in [0, 0.1) is 0 Å². The van der Waals surface area contributed by atoms with E-state index in [0.29, 0.717) is 0 Å². The van der Waals surface area contributed by atoms with Crippen molar-refractivity contribution in [2.24, 2.45) is 0 Å². The van der Waals surface area contributed by atoms with E-state index in [1.807, 2.05) is 158 Å². The Kier molecular flexibility index (Phi) is 14.6. The molecule has 67 heavy (non-hydrogen) atoms. The maximum Gasteiger partial charge on any atom is 0.135 e. The van der Waals surface area contributed by atoms with Gasteiger partial charge in [0.25, 0.3) is 0 Å². The molecular weight excluding hydrogens is 867 g/mol. The molecule has 8 aromatic carbocycles. The highest BCUT2D eigenvalue weighted by molar-refractivity contribution is 7.09. The van der Waals surface area contributed by atoms with Gasteiger partial charge >= 0.3 is 0 Å². The largest absolute Gasteiger partial charge is 0.471 e. The number of rotatable bonds is 0. The molecule has 7 aromatic heterocycles. The first kappa shape index (κ1) is 43.7. The van der Waals surface area contributed by atoms with Crippen LogP contribution in [0.3, 0.4) is 0 Å². The molecule has 0 unspecified atom stereocenters. The van der Waals surface area contributed by atoms with E-state index >= 15 is 0 Å². The molecule has 0 bridgehead atoms. The van der Waals surface area contributed by atoms with Crippen LogP contribution >= 0.6 is 22.9 Å². The van der Waals surface area contributed by atoms with E-state index in [0.717, 1.165) is 49.3 Å². The predicted octanol–water partition coefficient (Wildman–Crippen LogP) is 16.8. The summed E-state index contributed by atoms with van der Waals surface area (Å²) in [5.41, 5.74) is 5.03. The molecule has 0 amide bonds. The molecule has 326 valence electrons. The molecule has 0 radical (unpaired) electrons. The number of nitrogens with one attached hydrogen (secondary N) is 2. The Bertz CT molecular complexity index is 3090. The number of nitrogens with zero attached hydrogens (tertiary/aromatic N) is 3. The SMILES string of the molecule is c1ccc2[nH]ncc2c1.c1ccc2c(c1)oc1ccccc12.c1ccc2c[nH]cc2c1.c1ccc2cocc2c1.c1ccc2cscc2c1.c1ccc2nocc2c1.c1ccc2nscc2c1. The summed E-state index contributed by atoms with van der Waals surface area (Å²) in [7, 11) is 0. The van der Waals surface area contributed by atoms with Crippen molar-refractivity contribution in [2.75, 3.05) is 0 Å². The van der Waals surface area contributed by atoms with Gasteiger partial charge < -0.3 is 18.3 Å². The van der Waals surface area contributed by atoms with Crippen molar-refractivity contribution in [3.05, 3.63) is 248 Å². The number of para-hydroxylation sites is 3. The minimum absolute atomic E-state index is 0.914. The van der Waals surface area contributed by atoms with Crippen LogP contribution in [0.1, 0.15) is 0 Å². The summed E-state index contributed by atoms with van der Waals surface area (Å²) in [6.45, 7) is 0. The Labute approximate surface area is 393 Å². The molecular formula is C57H43N5O3S2. The van der Waals surface area contributed by atoms with Gasteiger partial charge in [0.1, 0.15) is 22.9 Å². The first-order chi connectivity index (χ1) is 33.2. The summed E-state index contributed by atoms with van der Waals surface area (Å²) in [5.74, 6) is 0. The third-order valence-corrected chi connectivity index (χ3v) is 11.9. The molecule has 15 aromatic rings. The minimum atomic E-state index is 0.914. The summed E-state index contributed by atoms with van der Waals surface area (Å²) in [6.07, 6.45) is 10.9. The number of furan rings is 2. The number of hydrogen-bond acceptors (Lipinski definition) is 8. The van der Waals surface area contributed by atoms with Gasteiger partial charge in [0, 0.05) is 55.5 Å². The minimum Gasteiger partial charge on any atom is -0.471 e. The molecule has 0 fully saturated rings. The van der Waals surface area contributed by atoms with Crippen LogP contribution in [0.4, 0.5) is 0 Å². The highest BCUT2D eigenvalue weighted by Gasteiger charge is 2.03. The fourth-order valence-electron chi connectivity index (χ4n) is 6.99. The summed E-state index contributed by atoms with van der Waals surface area (Å²) >= 11 is 3.26. The van der Waals surface area contributed by atoms with Crippen molar-refractivity contribution in [1.29, 1.82) is 0 Å². The summed E-state index contributed by atoms with van der Waals surface area (Å²) in [6, 6.07) is 64.8. The van der Waals surface area contributed by atoms with Crippen molar-refractivity contribution in [2.45, 2.75) is 0 Å². The van der Waals surface area contributed by atoms with Gasteiger partial charge in [-0.25, -0.2) is 0 Å². The fraction of sp³-hybridized carbons (Fsp3) is 0. The summed E-state index contributed by atoms with van der Waals surface area (Å²) in [5, 5.41) is 30.3. The van der Waals surface area contributed by atoms with Gasteiger partial charge in [-0.1, -0.05) is 163 Å². The second kappa shape index (κ2) is 22.4. The predicted molar refractivity (Wildman–Crippen MR) is 280 cm³/mol. The maximum atomic E-state index is 5.65. The lowest BCUT2D eigenvalue weighted by atomic mass is 10.2. The molecule has 0 saturated carbocycles. The Morgan fingerprint density at radius 1 is 0.403 bits per heavy atom. The average molecular weight is 910 g/mol. The smallest absolute Gasteiger partial charge is 0.135 e. The topological polar surface area (TPSA) is 110 Å². The van der Waals surface area contributed by atoms with E-state index < -0.39 is 0 Å². The molecule has 0 atom stereocenters. The van der Waals surface area contributed by atoms with Gasteiger partial charge in [-0.3, -0.25) is 5.10 Å². The Morgan fingerprint density at radius 3 is 1.49 bits per heavy atom. The van der Waals surface area contributed by atoms with Gasteiger partial charge in [0.2, 0.25) is 0 Å². The van der Waals surface area contributed by atoms with E-state index in [1.165, 1.54) is 49.2 Å². The van der Waals surface area contributed by atoms with Crippen LogP contribution in [-0.4, -0.2) is 24.7 Å². The van der Waals surface area contributed by atoms with E-state index in [-0.39, 0.29) is 0 Å². The van der Waals surface area contributed by atoms with E-state index in [9.17, 15) is 0 Å². The lowest BCUT2D eigenvalue weighted by Crippen LogP contribution is -1.63. The molecule has 10 heteroatoms. The normalized spacial score (nSPS) is 10.4. The number of benzene rings is 8. The van der Waals surface area contributed by atoms with Crippen LogP contribution in [0.2, 0.25) is 0 Å². The van der Waals surface area contributed by atoms with E-state index in [4.69, 9.17) is 13.4 Å². The monoisotopic (exact) mass is 909 g/mol. The van der Waals surface area contributed by atoms with Crippen molar-refractivity contribution in [3.8, 4) is 0 Å². The number of aromatic amines is 2. The molecule has 0 aliphatic carbocycles. The number of fused-ring (bicyclic) bond motifs is 9. The first-order valence-electron chi connectivity index (χ1n) is 21.4. The third-order valence-electron chi connectivity index (χ3n) is 10.4. The van der Waals surface area contributed by atoms with Crippen molar-refractivity contribution >= 4 is 110 Å². The Morgan fingerprint density at radius 2 is 0.896 bits per heavy atom. The summed E-state index contributed by atoms with van der Waals surface area (Å²) < 4.78 is 19.5. The summed E-state index contributed by atoms with van der Waals surface area (Å²) in [4.78, 5) is 3.04. The van der Waals surface area contributed by atoms with Crippen molar-refractivity contribution in [1.82, 2.24) is 24.7 Å². The number of thiophene rings is 1. The maximum absolute atomic E-state index is 5.65. The average Bonchev–Trinajstić information content (AvgIpc) is 4.25. The second-order valence-electron chi connectivity index (χ2n) is 14.9. The molecule has 0 aliphatic heterocycles. The van der Waals surface area contributed by atoms with E-state index in [1.54, 1.807) is 30.1 Å². The molecule has 0 aliphatic rings. The van der Waals surface area contributed by atoms with Gasteiger partial charge in [-0.2, -0.15) is 20.8 Å². The third kappa shape index (κ3) is 11.6. The lowest BCUT2D eigenvalue weighted by molar-refractivity contribution is 0.428. The van der Waals surface area contributed by atoms with Gasteiger partial charge in [-0.05, 0) is 80.2 Å². The number of H-pyrrole nitrogens is 2. The van der Waals surface area contributed by atoms with Crippen molar-refractivity contribution < 1.29 is 13.4 Å². The van der Waals surface area contributed by atoms with Crippen LogP contribution in [0.5, 0.6) is 0 Å². The Hall–Kier alpha value is -8.57. The van der Waals surface area contributed by atoms with E-state index in [2.05, 4.69) is 95.4 Å². The molecule has 0 spiro atoms. The molecule has 7 heterocycles. The van der Waals surface area contributed by atoms with Gasteiger partial charge in [0.15, 0.2) is 0 Å². The van der Waals surface area contributed by atoms with Crippen LogP contribution in [0.15, 0.2) is 261 Å². The zero-order valence-electron chi connectivity index (χ0n) is 36.1. The van der Waals surface area contributed by atoms with Crippen LogP contribution < -0.4 is 0 Å². The van der Waals surface area contributed by atoms with Gasteiger partial charge in [-0.15, -0.1) is 0 Å². The van der Waals surface area contributed by atoms with Gasteiger partial charge in [0.05, 0.1) is 29.8 Å². The number of hydrogen-bond donors (Lipinski definition) is 2. The zero-order chi connectivity index (χ0) is 45.3. The molecule has 0 saturated heterocycles. The molecule has 2 N–H and O–H groups in total. The molecule has 15 rings (SSSR count). The quantitative estimate of drug-likeness (QED) is 0.157. The number of aromatic nitrogens is 5. The van der Waals surface area contributed by atoms with Crippen molar-refractivity contribution in [3.63, 3.8) is 0 Å². The highest BCUT2D eigenvalue weighted by atomic mass is 32.1. The zero-order valence-corrected chi connectivity index (χ0v) is 37.7. The van der Waals surface area contributed by atoms with Crippen LogP contribution in [0.25, 0.3) is 87.0 Å². The second-order valence-corrected chi connectivity index (χ2v) is 16.3. The molecule has 8 nitrogen and oxygen atoms in total. The lowest BCUT2D eigenvalue weighted by Gasteiger charge is -1.85. The van der Waals surface area contributed by atoms with Crippen LogP contribution in [-0.2, 0) is 0 Å². The highest BCUT2D eigenvalue weighted by Crippen LogP contribution is 2.27. The Balaban J connectivity index is 0.0000000984. The first-order valence-corrected chi connectivity index (χ1v) is 23.2. The fourth-order valence-corrected chi connectivity index (χ4v) is 8.42. The standard InChI is InChI=1S/C12H8O.C8H7N.C8H6O.C8H6S.C7H6N2.C7H5NO.C7H5NS/c1-3-7-11-9(5-1)10-6-2-4-8-12(10)13-11;3*1-2-4-8-6-9-5-7(8)3-1;1-2-4-7-6(3-1)5-8-9-7;2*1-2-4-7-6(3-1)5-9-8-7/h1-8H;1-6,9H;2*1-6H;1-5H,(H,8,9);2*1-5H.